The molecular weight excluding hydrogens is 248 g/mol. The van der Waals surface area contributed by atoms with E-state index in [2.05, 4.69) is 5.32 Å². The maximum absolute atomic E-state index is 11.6. The van der Waals surface area contributed by atoms with Crippen LogP contribution >= 0.6 is 0 Å². The summed E-state index contributed by atoms with van der Waals surface area (Å²) in [6.07, 6.45) is -0.635. The van der Waals surface area contributed by atoms with Crippen molar-refractivity contribution in [3.63, 3.8) is 0 Å². The van der Waals surface area contributed by atoms with Gasteiger partial charge in [-0.25, -0.2) is 4.79 Å². The van der Waals surface area contributed by atoms with Crippen LogP contribution in [0, 0.1) is 16.0 Å². The third-order valence-electron chi connectivity index (χ3n) is 2.67. The Morgan fingerprint density at radius 3 is 2.53 bits per heavy atom. The number of ether oxygens (including phenoxy) is 1. The van der Waals surface area contributed by atoms with Crippen molar-refractivity contribution in [3.8, 4) is 0 Å². The summed E-state index contributed by atoms with van der Waals surface area (Å²) in [5, 5.41) is 13.0. The molecule has 0 aliphatic heterocycles. The van der Waals surface area contributed by atoms with Crippen molar-refractivity contribution < 1.29 is 14.5 Å². The van der Waals surface area contributed by atoms with E-state index in [0.717, 1.165) is 5.56 Å². The number of nitro groups is 1. The van der Waals surface area contributed by atoms with E-state index in [1.165, 1.54) is 0 Å². The molecule has 0 aliphatic carbocycles. The predicted octanol–water partition coefficient (Wildman–Crippen LogP) is 2.21. The largest absolute Gasteiger partial charge is 0.445 e. The Morgan fingerprint density at radius 1 is 1.37 bits per heavy atom. The van der Waals surface area contributed by atoms with Crippen molar-refractivity contribution in [2.24, 2.45) is 5.92 Å². The third kappa shape index (κ3) is 5.85. The zero-order chi connectivity index (χ0) is 14.3. The average molecular weight is 266 g/mol. The molecule has 1 aromatic rings. The number of nitrogens with one attached hydrogen (secondary N) is 1. The van der Waals surface area contributed by atoms with E-state index in [0.29, 0.717) is 0 Å². The molecule has 0 heterocycles. The fraction of sp³-hybridized carbons (Fsp3) is 0.462. The summed E-state index contributed by atoms with van der Waals surface area (Å²) in [5.41, 5.74) is 0.869. The Morgan fingerprint density at radius 2 is 2.00 bits per heavy atom. The lowest BCUT2D eigenvalue weighted by Crippen LogP contribution is -2.43. The Balaban J connectivity index is 2.42. The molecule has 0 radical (unpaired) electrons. The molecule has 1 unspecified atom stereocenters. The highest BCUT2D eigenvalue weighted by Gasteiger charge is 2.22. The van der Waals surface area contributed by atoms with Gasteiger partial charge in [-0.05, 0) is 11.5 Å². The van der Waals surface area contributed by atoms with Gasteiger partial charge >= 0.3 is 6.09 Å². The quantitative estimate of drug-likeness (QED) is 0.632. The topological polar surface area (TPSA) is 81.5 Å². The van der Waals surface area contributed by atoms with Crippen LogP contribution in [0.4, 0.5) is 4.79 Å². The molecule has 0 bridgehead atoms. The van der Waals surface area contributed by atoms with Gasteiger partial charge in [-0.3, -0.25) is 10.1 Å². The van der Waals surface area contributed by atoms with Crippen LogP contribution in [0.5, 0.6) is 0 Å². The van der Waals surface area contributed by atoms with Crippen LogP contribution in [0.25, 0.3) is 0 Å². The van der Waals surface area contributed by atoms with Gasteiger partial charge in [0.25, 0.3) is 0 Å². The van der Waals surface area contributed by atoms with Crippen LogP contribution in [0.15, 0.2) is 30.3 Å². The first kappa shape index (κ1) is 14.9. The summed E-state index contributed by atoms with van der Waals surface area (Å²) in [6, 6.07) is 8.71. The number of benzene rings is 1. The Bertz CT molecular complexity index is 420. The van der Waals surface area contributed by atoms with Crippen LogP contribution < -0.4 is 5.32 Å². The molecule has 1 N–H and O–H groups in total. The molecule has 0 saturated heterocycles. The van der Waals surface area contributed by atoms with Crippen LogP contribution in [0.1, 0.15) is 19.4 Å². The van der Waals surface area contributed by atoms with Gasteiger partial charge in [-0.15, -0.1) is 0 Å². The summed E-state index contributed by atoms with van der Waals surface area (Å²) in [4.78, 5) is 21.6. The van der Waals surface area contributed by atoms with Crippen LogP contribution in [0.2, 0.25) is 0 Å². The molecule has 104 valence electrons. The molecule has 0 fully saturated rings. The van der Waals surface area contributed by atoms with Crippen LogP contribution in [0.3, 0.4) is 0 Å². The van der Waals surface area contributed by atoms with E-state index in [-0.39, 0.29) is 19.1 Å². The first-order valence-corrected chi connectivity index (χ1v) is 6.08. The molecule has 1 atom stereocenters. The molecule has 0 saturated carbocycles. The lowest BCUT2D eigenvalue weighted by atomic mass is 10.1. The molecule has 0 spiro atoms. The van der Waals surface area contributed by atoms with Crippen molar-refractivity contribution >= 4 is 6.09 Å². The Labute approximate surface area is 111 Å². The smallest absolute Gasteiger partial charge is 0.407 e. The van der Waals surface area contributed by atoms with Gasteiger partial charge in [0, 0.05) is 4.92 Å². The minimum absolute atomic E-state index is 0.0327. The molecule has 6 nitrogen and oxygen atoms in total. The van der Waals surface area contributed by atoms with Gasteiger partial charge in [0.1, 0.15) is 6.61 Å². The number of nitrogens with zero attached hydrogens (tertiary/aromatic N) is 1. The number of alkyl carbamates (subject to hydrolysis) is 1. The predicted molar refractivity (Wildman–Crippen MR) is 70.3 cm³/mol. The molecule has 0 aliphatic rings. The molecule has 1 aromatic carbocycles. The summed E-state index contributed by atoms with van der Waals surface area (Å²) in [6.45, 7) is 3.46. The van der Waals surface area contributed by atoms with Gasteiger partial charge < -0.3 is 10.1 Å². The summed E-state index contributed by atoms with van der Waals surface area (Å²) in [7, 11) is 0. The maximum atomic E-state index is 11.6. The van der Waals surface area contributed by atoms with E-state index in [1.807, 2.05) is 44.2 Å². The van der Waals surface area contributed by atoms with Gasteiger partial charge in [0.2, 0.25) is 6.54 Å². The van der Waals surface area contributed by atoms with E-state index in [4.69, 9.17) is 4.74 Å². The lowest BCUT2D eigenvalue weighted by molar-refractivity contribution is -0.484. The Hall–Kier alpha value is -2.11. The van der Waals surface area contributed by atoms with Gasteiger partial charge in [0.05, 0.1) is 6.04 Å². The van der Waals surface area contributed by atoms with Crippen molar-refractivity contribution in [1.29, 1.82) is 0 Å². The summed E-state index contributed by atoms with van der Waals surface area (Å²) >= 11 is 0. The van der Waals surface area contributed by atoms with Crippen molar-refractivity contribution in [1.82, 2.24) is 5.32 Å². The average Bonchev–Trinajstić information content (AvgIpc) is 2.36. The second-order valence-electron chi connectivity index (χ2n) is 4.57. The minimum atomic E-state index is -0.635. The summed E-state index contributed by atoms with van der Waals surface area (Å²) < 4.78 is 5.02. The first-order valence-electron chi connectivity index (χ1n) is 6.08. The lowest BCUT2D eigenvalue weighted by Gasteiger charge is -2.18. The molecular formula is C13H18N2O4. The van der Waals surface area contributed by atoms with Crippen molar-refractivity contribution in [2.45, 2.75) is 26.5 Å². The van der Waals surface area contributed by atoms with E-state index >= 15 is 0 Å². The number of carbonyl (C=O) groups is 1. The van der Waals surface area contributed by atoms with E-state index in [1.54, 1.807) is 0 Å². The first-order chi connectivity index (χ1) is 8.99. The van der Waals surface area contributed by atoms with Crippen molar-refractivity contribution in [3.05, 3.63) is 46.0 Å². The SMILES string of the molecule is CC(C)C(C[N+](=O)[O-])NC(=O)OCc1ccccc1. The Kier molecular flexibility index (Phi) is 5.78. The number of hydrogen-bond donors (Lipinski definition) is 1. The third-order valence-corrected chi connectivity index (χ3v) is 2.67. The molecule has 6 heteroatoms. The second-order valence-corrected chi connectivity index (χ2v) is 4.57. The van der Waals surface area contributed by atoms with Crippen LogP contribution in [-0.4, -0.2) is 23.6 Å². The molecule has 1 amide bonds. The zero-order valence-corrected chi connectivity index (χ0v) is 11.0. The van der Waals surface area contributed by atoms with Gasteiger partial charge in [-0.2, -0.15) is 0 Å². The number of rotatable bonds is 6. The van der Waals surface area contributed by atoms with Crippen molar-refractivity contribution in [2.75, 3.05) is 6.54 Å². The maximum Gasteiger partial charge on any atom is 0.407 e. The van der Waals surface area contributed by atoms with Crippen LogP contribution in [-0.2, 0) is 11.3 Å². The normalized spacial score (nSPS) is 11.9. The molecule has 1 rings (SSSR count). The fourth-order valence-corrected chi connectivity index (χ4v) is 1.50. The monoisotopic (exact) mass is 266 g/mol. The summed E-state index contributed by atoms with van der Waals surface area (Å²) in [5.74, 6) is -0.0327. The zero-order valence-electron chi connectivity index (χ0n) is 11.0. The number of amides is 1. The number of carbonyl (C=O) groups excluding carboxylic acids is 1. The highest BCUT2D eigenvalue weighted by molar-refractivity contribution is 5.67. The standard InChI is InChI=1S/C13H18N2O4/c1-10(2)12(8-15(17)18)14-13(16)19-9-11-6-4-3-5-7-11/h3-7,10,12H,8-9H2,1-2H3,(H,14,16). The fourth-order valence-electron chi connectivity index (χ4n) is 1.50. The molecule has 19 heavy (non-hydrogen) atoms. The van der Waals surface area contributed by atoms with E-state index in [9.17, 15) is 14.9 Å². The van der Waals surface area contributed by atoms with Gasteiger partial charge in [0.15, 0.2) is 0 Å². The van der Waals surface area contributed by atoms with Gasteiger partial charge in [-0.1, -0.05) is 44.2 Å². The molecule has 0 aromatic heterocycles. The second kappa shape index (κ2) is 7.35. The number of hydrogen-bond acceptors (Lipinski definition) is 4. The highest BCUT2D eigenvalue weighted by Crippen LogP contribution is 2.04. The highest BCUT2D eigenvalue weighted by atomic mass is 16.6. The van der Waals surface area contributed by atoms with E-state index < -0.39 is 17.1 Å². The minimum Gasteiger partial charge on any atom is -0.445 e.